The van der Waals surface area contributed by atoms with Crippen LogP contribution in [0.5, 0.6) is 5.75 Å². The fraction of sp³-hybridized carbons (Fsp3) is 0.240. The van der Waals surface area contributed by atoms with Gasteiger partial charge in [0.25, 0.3) is 0 Å². The van der Waals surface area contributed by atoms with Gasteiger partial charge in [0.15, 0.2) is 0 Å². The number of aryl methyl sites for hydroxylation is 4. The van der Waals surface area contributed by atoms with E-state index in [1.807, 2.05) is 63.2 Å². The van der Waals surface area contributed by atoms with Crippen LogP contribution in [0.3, 0.4) is 0 Å². The Hall–Kier alpha value is -3.47. The lowest BCUT2D eigenvalue weighted by molar-refractivity contribution is 0.302. The number of rotatable bonds is 6. The summed E-state index contributed by atoms with van der Waals surface area (Å²) in [6.45, 7) is 8.66. The van der Waals surface area contributed by atoms with Crippen LogP contribution in [0.4, 0.5) is 0 Å². The van der Waals surface area contributed by atoms with Crippen LogP contribution >= 0.6 is 0 Å². The Morgan fingerprint density at radius 3 is 2.10 bits per heavy atom. The van der Waals surface area contributed by atoms with Gasteiger partial charge in [0.2, 0.25) is 11.8 Å². The van der Waals surface area contributed by atoms with E-state index in [1.54, 1.807) is 0 Å². The zero-order valence-corrected chi connectivity index (χ0v) is 17.8. The van der Waals surface area contributed by atoms with E-state index in [0.29, 0.717) is 18.4 Å². The van der Waals surface area contributed by atoms with Gasteiger partial charge in [-0.1, -0.05) is 37.3 Å². The number of aromatic nitrogens is 3. The van der Waals surface area contributed by atoms with E-state index in [2.05, 4.69) is 34.2 Å². The molecule has 0 spiro atoms. The first kappa shape index (κ1) is 19.8. The quantitative estimate of drug-likeness (QED) is 0.406. The molecule has 0 atom stereocenters. The zero-order valence-electron chi connectivity index (χ0n) is 17.8. The monoisotopic (exact) mass is 399 g/mol. The number of hydrogen-bond donors (Lipinski definition) is 0. The largest absolute Gasteiger partial charge is 0.488 e. The van der Waals surface area contributed by atoms with E-state index in [-0.39, 0.29) is 0 Å². The molecule has 30 heavy (non-hydrogen) atoms. The first-order valence-electron chi connectivity index (χ1n) is 10.1. The molecule has 4 rings (SSSR count). The Morgan fingerprint density at radius 2 is 1.47 bits per heavy atom. The maximum absolute atomic E-state index is 6.08. The molecule has 2 heterocycles. The van der Waals surface area contributed by atoms with Crippen LogP contribution in [0.2, 0.25) is 0 Å². The van der Waals surface area contributed by atoms with Gasteiger partial charge in [-0.15, -0.1) is 10.2 Å². The number of hydrogen-bond acceptors (Lipinski definition) is 5. The molecule has 0 aliphatic carbocycles. The van der Waals surface area contributed by atoms with Crippen molar-refractivity contribution in [1.82, 2.24) is 15.2 Å². The highest BCUT2D eigenvalue weighted by molar-refractivity contribution is 5.62. The molecule has 0 saturated heterocycles. The van der Waals surface area contributed by atoms with Gasteiger partial charge in [-0.3, -0.25) is 4.98 Å². The van der Waals surface area contributed by atoms with Gasteiger partial charge < -0.3 is 9.15 Å². The van der Waals surface area contributed by atoms with Crippen LogP contribution in [0.25, 0.3) is 22.9 Å². The molecule has 0 aliphatic rings. The van der Waals surface area contributed by atoms with Gasteiger partial charge in [0, 0.05) is 22.5 Å². The Kier molecular flexibility index (Phi) is 5.61. The summed E-state index contributed by atoms with van der Waals surface area (Å²) in [7, 11) is 0. The van der Waals surface area contributed by atoms with Crippen molar-refractivity contribution in [2.75, 3.05) is 0 Å². The highest BCUT2D eigenvalue weighted by atomic mass is 16.5. The smallest absolute Gasteiger partial charge is 0.248 e. The standard InChI is InChI=1S/C25H25N3O2/c1-5-22-14-21(13-18(4)26-22)25-28-27-24(30-25)20-11-16(2)23(17(3)12-20)29-15-19-9-7-6-8-10-19/h6-14H,5,15H2,1-4H3. The summed E-state index contributed by atoms with van der Waals surface area (Å²) in [5.41, 5.74) is 6.95. The SMILES string of the molecule is CCc1cc(-c2nnc(-c3cc(C)c(OCc4ccccc4)c(C)c3)o2)cc(C)n1. The van der Waals surface area contributed by atoms with E-state index in [4.69, 9.17) is 9.15 Å². The molecule has 0 radical (unpaired) electrons. The van der Waals surface area contributed by atoms with Gasteiger partial charge in [-0.05, 0) is 68.1 Å². The van der Waals surface area contributed by atoms with Crippen LogP contribution in [0, 0.1) is 20.8 Å². The second-order valence-corrected chi connectivity index (χ2v) is 7.47. The van der Waals surface area contributed by atoms with Crippen molar-refractivity contribution in [3.63, 3.8) is 0 Å². The average molecular weight is 399 g/mol. The minimum atomic E-state index is 0.498. The summed E-state index contributed by atoms with van der Waals surface area (Å²) in [6, 6.07) is 18.2. The molecule has 0 saturated carbocycles. The molecule has 0 bridgehead atoms. The van der Waals surface area contributed by atoms with Crippen molar-refractivity contribution in [3.05, 3.63) is 82.7 Å². The van der Waals surface area contributed by atoms with E-state index in [0.717, 1.165) is 51.4 Å². The molecule has 0 aliphatic heterocycles. The topological polar surface area (TPSA) is 61.0 Å². The van der Waals surface area contributed by atoms with Gasteiger partial charge in [-0.25, -0.2) is 0 Å². The molecule has 5 nitrogen and oxygen atoms in total. The molecule has 5 heteroatoms. The van der Waals surface area contributed by atoms with Crippen LogP contribution < -0.4 is 4.74 Å². The molecule has 0 amide bonds. The Morgan fingerprint density at radius 1 is 0.833 bits per heavy atom. The number of ether oxygens (including phenoxy) is 1. The fourth-order valence-corrected chi connectivity index (χ4v) is 3.53. The molecular weight excluding hydrogens is 374 g/mol. The third-order valence-corrected chi connectivity index (χ3v) is 4.97. The van der Waals surface area contributed by atoms with Gasteiger partial charge in [0.1, 0.15) is 12.4 Å². The average Bonchev–Trinajstić information content (AvgIpc) is 3.24. The molecular formula is C25H25N3O2. The minimum Gasteiger partial charge on any atom is -0.488 e. The Balaban J connectivity index is 1.59. The van der Waals surface area contributed by atoms with E-state index >= 15 is 0 Å². The van der Waals surface area contributed by atoms with Crippen LogP contribution in [-0.4, -0.2) is 15.2 Å². The predicted octanol–water partition coefficient (Wildman–Crippen LogP) is 5.87. The van der Waals surface area contributed by atoms with Crippen molar-refractivity contribution in [1.29, 1.82) is 0 Å². The van der Waals surface area contributed by atoms with Crippen LogP contribution in [-0.2, 0) is 13.0 Å². The van der Waals surface area contributed by atoms with Crippen molar-refractivity contribution in [2.24, 2.45) is 0 Å². The predicted molar refractivity (Wildman–Crippen MR) is 117 cm³/mol. The molecule has 2 aromatic heterocycles. The molecule has 0 N–H and O–H groups in total. The number of benzene rings is 2. The van der Waals surface area contributed by atoms with Gasteiger partial charge in [-0.2, -0.15) is 0 Å². The first-order chi connectivity index (χ1) is 14.5. The van der Waals surface area contributed by atoms with Crippen LogP contribution in [0.15, 0.2) is 59.0 Å². The maximum Gasteiger partial charge on any atom is 0.248 e. The second-order valence-electron chi connectivity index (χ2n) is 7.47. The summed E-state index contributed by atoms with van der Waals surface area (Å²) in [5.74, 6) is 1.89. The lowest BCUT2D eigenvalue weighted by atomic mass is 10.1. The summed E-state index contributed by atoms with van der Waals surface area (Å²) in [4.78, 5) is 4.51. The van der Waals surface area contributed by atoms with Crippen molar-refractivity contribution >= 4 is 0 Å². The van der Waals surface area contributed by atoms with Crippen molar-refractivity contribution in [3.8, 4) is 28.7 Å². The lowest BCUT2D eigenvalue weighted by Gasteiger charge is -2.13. The lowest BCUT2D eigenvalue weighted by Crippen LogP contribution is -1.99. The third kappa shape index (κ3) is 4.25. The molecule has 0 fully saturated rings. The Labute approximate surface area is 176 Å². The normalized spacial score (nSPS) is 10.9. The summed E-state index contributed by atoms with van der Waals surface area (Å²) >= 11 is 0. The molecule has 0 unspecified atom stereocenters. The maximum atomic E-state index is 6.08. The highest BCUT2D eigenvalue weighted by Crippen LogP contribution is 2.31. The van der Waals surface area contributed by atoms with Crippen molar-refractivity contribution in [2.45, 2.75) is 40.7 Å². The summed E-state index contributed by atoms with van der Waals surface area (Å²) in [6.07, 6.45) is 0.860. The molecule has 152 valence electrons. The summed E-state index contributed by atoms with van der Waals surface area (Å²) in [5, 5.41) is 8.54. The summed E-state index contributed by atoms with van der Waals surface area (Å²) < 4.78 is 12.1. The molecule has 2 aromatic carbocycles. The van der Waals surface area contributed by atoms with Crippen molar-refractivity contribution < 1.29 is 9.15 Å². The van der Waals surface area contributed by atoms with Gasteiger partial charge in [0.05, 0.1) is 0 Å². The van der Waals surface area contributed by atoms with E-state index < -0.39 is 0 Å². The molecule has 4 aromatic rings. The number of pyridine rings is 1. The zero-order chi connectivity index (χ0) is 21.1. The minimum absolute atomic E-state index is 0.498. The van der Waals surface area contributed by atoms with Gasteiger partial charge >= 0.3 is 0 Å². The highest BCUT2D eigenvalue weighted by Gasteiger charge is 2.15. The van der Waals surface area contributed by atoms with Crippen LogP contribution in [0.1, 0.15) is 35.0 Å². The van der Waals surface area contributed by atoms with E-state index in [1.165, 1.54) is 0 Å². The fourth-order valence-electron chi connectivity index (χ4n) is 3.53. The first-order valence-corrected chi connectivity index (χ1v) is 10.1. The van der Waals surface area contributed by atoms with E-state index in [9.17, 15) is 0 Å². The second kappa shape index (κ2) is 8.49. The Bertz CT molecular complexity index is 1140. The third-order valence-electron chi connectivity index (χ3n) is 4.97. The number of nitrogens with zero attached hydrogens (tertiary/aromatic N) is 3.